The van der Waals surface area contributed by atoms with Gasteiger partial charge in [-0.1, -0.05) is 36.4 Å². The third kappa shape index (κ3) is 5.80. The number of nitrogens with one attached hydrogen (secondary N) is 2. The third-order valence-corrected chi connectivity index (χ3v) is 3.51. The number of carbonyl (C=O) groups excluding carboxylic acids is 2. The van der Waals surface area contributed by atoms with Crippen molar-refractivity contribution in [2.75, 3.05) is 6.61 Å². The quantitative estimate of drug-likeness (QED) is 0.681. The van der Waals surface area contributed by atoms with Crippen LogP contribution in [0, 0.1) is 0 Å². The molecule has 1 atom stereocenters. The fraction of sp³-hybridized carbons (Fsp3) is 0.278. The van der Waals surface area contributed by atoms with E-state index in [-0.39, 0.29) is 12.3 Å². The minimum absolute atomic E-state index is 0.0805. The number of rotatable bonds is 8. The standard InChI is InChI=1S/C18H22N4O3/c1-2-25-17-14(9-6-10-20-17)12-21-16(23)11-15(22-18(19)24)13-7-4-3-5-8-13/h3-10,15H,2,11-12H2,1H3,(H,21,23)(H3,19,22,24). The van der Waals surface area contributed by atoms with Crippen LogP contribution in [0.1, 0.15) is 30.5 Å². The first kappa shape index (κ1) is 18.3. The van der Waals surface area contributed by atoms with E-state index in [9.17, 15) is 9.59 Å². The van der Waals surface area contributed by atoms with Gasteiger partial charge in [-0.25, -0.2) is 9.78 Å². The van der Waals surface area contributed by atoms with Gasteiger partial charge < -0.3 is 21.1 Å². The van der Waals surface area contributed by atoms with Crippen LogP contribution in [0.5, 0.6) is 5.88 Å². The second-order valence-corrected chi connectivity index (χ2v) is 5.35. The highest BCUT2D eigenvalue weighted by atomic mass is 16.5. The highest BCUT2D eigenvalue weighted by Gasteiger charge is 2.17. The van der Waals surface area contributed by atoms with Crippen molar-refractivity contribution in [2.24, 2.45) is 5.73 Å². The summed E-state index contributed by atoms with van der Waals surface area (Å²) >= 11 is 0. The van der Waals surface area contributed by atoms with E-state index in [1.54, 1.807) is 12.3 Å². The molecule has 2 aromatic rings. The van der Waals surface area contributed by atoms with Crippen molar-refractivity contribution in [1.82, 2.24) is 15.6 Å². The predicted molar refractivity (Wildman–Crippen MR) is 93.8 cm³/mol. The van der Waals surface area contributed by atoms with Crippen molar-refractivity contribution in [1.29, 1.82) is 0 Å². The number of hydrogen-bond donors (Lipinski definition) is 3. The van der Waals surface area contributed by atoms with Crippen molar-refractivity contribution < 1.29 is 14.3 Å². The molecule has 4 N–H and O–H groups in total. The minimum Gasteiger partial charge on any atom is -0.478 e. The van der Waals surface area contributed by atoms with Gasteiger partial charge in [0.2, 0.25) is 11.8 Å². The average Bonchev–Trinajstić information content (AvgIpc) is 2.61. The number of urea groups is 1. The molecule has 3 amide bonds. The molecule has 0 saturated heterocycles. The number of ether oxygens (including phenoxy) is 1. The van der Waals surface area contributed by atoms with E-state index in [1.165, 1.54) is 0 Å². The Bertz CT molecular complexity index is 706. The van der Waals surface area contributed by atoms with Gasteiger partial charge in [0.15, 0.2) is 0 Å². The Morgan fingerprint density at radius 2 is 1.96 bits per heavy atom. The van der Waals surface area contributed by atoms with Crippen molar-refractivity contribution in [3.8, 4) is 5.88 Å². The number of carbonyl (C=O) groups is 2. The van der Waals surface area contributed by atoms with E-state index in [1.807, 2.05) is 43.3 Å². The molecule has 2 rings (SSSR count). The summed E-state index contributed by atoms with van der Waals surface area (Å²) < 4.78 is 5.44. The molecule has 0 aliphatic heterocycles. The van der Waals surface area contributed by atoms with E-state index in [4.69, 9.17) is 10.5 Å². The molecule has 0 bridgehead atoms. The SMILES string of the molecule is CCOc1ncccc1CNC(=O)CC(NC(N)=O)c1ccccc1. The number of hydrogen-bond acceptors (Lipinski definition) is 4. The summed E-state index contributed by atoms with van der Waals surface area (Å²) in [5, 5.41) is 5.42. The lowest BCUT2D eigenvalue weighted by Crippen LogP contribution is -2.36. The molecule has 7 heteroatoms. The maximum Gasteiger partial charge on any atom is 0.312 e. The molecule has 1 heterocycles. The number of nitrogens with zero attached hydrogens (tertiary/aromatic N) is 1. The number of aromatic nitrogens is 1. The molecule has 0 radical (unpaired) electrons. The molecule has 7 nitrogen and oxygen atoms in total. The maximum absolute atomic E-state index is 12.3. The zero-order valence-electron chi connectivity index (χ0n) is 14.1. The monoisotopic (exact) mass is 342 g/mol. The van der Waals surface area contributed by atoms with Crippen LogP contribution in [-0.4, -0.2) is 23.5 Å². The van der Waals surface area contributed by atoms with E-state index in [2.05, 4.69) is 15.6 Å². The summed E-state index contributed by atoms with van der Waals surface area (Å²) in [6.45, 7) is 2.66. The normalized spacial score (nSPS) is 11.4. The van der Waals surface area contributed by atoms with Gasteiger partial charge in [0, 0.05) is 18.3 Å². The third-order valence-electron chi connectivity index (χ3n) is 3.51. The average molecular weight is 342 g/mol. The van der Waals surface area contributed by atoms with Crippen LogP contribution >= 0.6 is 0 Å². The highest BCUT2D eigenvalue weighted by molar-refractivity contribution is 5.78. The van der Waals surface area contributed by atoms with Gasteiger partial charge in [0.05, 0.1) is 19.1 Å². The Kier molecular flexibility index (Phi) is 6.76. The van der Waals surface area contributed by atoms with Crippen molar-refractivity contribution in [2.45, 2.75) is 25.9 Å². The number of benzene rings is 1. The van der Waals surface area contributed by atoms with Gasteiger partial charge in [-0.3, -0.25) is 4.79 Å². The Hall–Kier alpha value is -3.09. The minimum atomic E-state index is -0.674. The maximum atomic E-state index is 12.3. The van der Waals surface area contributed by atoms with Crippen LogP contribution in [0.15, 0.2) is 48.7 Å². The van der Waals surface area contributed by atoms with Crippen LogP contribution in [0.4, 0.5) is 4.79 Å². The fourth-order valence-corrected chi connectivity index (χ4v) is 2.39. The molecular weight excluding hydrogens is 320 g/mol. The van der Waals surface area contributed by atoms with E-state index in [0.717, 1.165) is 11.1 Å². The molecule has 0 fully saturated rings. The molecule has 132 valence electrons. The smallest absolute Gasteiger partial charge is 0.312 e. The molecule has 0 saturated carbocycles. The van der Waals surface area contributed by atoms with Crippen molar-refractivity contribution >= 4 is 11.9 Å². The number of primary amides is 1. The Morgan fingerprint density at radius 3 is 2.64 bits per heavy atom. The van der Waals surface area contributed by atoms with Crippen LogP contribution in [0.2, 0.25) is 0 Å². The van der Waals surface area contributed by atoms with E-state index >= 15 is 0 Å². The number of amides is 3. The summed E-state index contributed by atoms with van der Waals surface area (Å²) in [7, 11) is 0. The molecule has 25 heavy (non-hydrogen) atoms. The van der Waals surface area contributed by atoms with Crippen molar-refractivity contribution in [3.05, 3.63) is 59.8 Å². The molecule has 1 aromatic carbocycles. The van der Waals surface area contributed by atoms with Gasteiger partial charge >= 0.3 is 6.03 Å². The lowest BCUT2D eigenvalue weighted by atomic mass is 10.0. The van der Waals surface area contributed by atoms with Gasteiger partial charge in [-0.15, -0.1) is 0 Å². The van der Waals surface area contributed by atoms with E-state index in [0.29, 0.717) is 19.0 Å². The summed E-state index contributed by atoms with van der Waals surface area (Å²) in [5.74, 6) is 0.286. The Morgan fingerprint density at radius 1 is 1.20 bits per heavy atom. The Labute approximate surface area is 146 Å². The largest absolute Gasteiger partial charge is 0.478 e. The first-order chi connectivity index (χ1) is 12.1. The molecular formula is C18H22N4O3. The first-order valence-electron chi connectivity index (χ1n) is 8.04. The first-order valence-corrected chi connectivity index (χ1v) is 8.04. The molecule has 0 aliphatic carbocycles. The molecule has 0 aliphatic rings. The molecule has 1 aromatic heterocycles. The Balaban J connectivity index is 1.98. The summed E-state index contributed by atoms with van der Waals surface area (Å²) in [4.78, 5) is 27.6. The van der Waals surface area contributed by atoms with Crippen LogP contribution in [-0.2, 0) is 11.3 Å². The van der Waals surface area contributed by atoms with Crippen LogP contribution < -0.4 is 21.1 Å². The predicted octanol–water partition coefficient (Wildman–Crippen LogP) is 1.90. The molecule has 1 unspecified atom stereocenters. The number of pyridine rings is 1. The van der Waals surface area contributed by atoms with Crippen molar-refractivity contribution in [3.63, 3.8) is 0 Å². The summed E-state index contributed by atoms with van der Waals surface area (Å²) in [6, 6.07) is 11.7. The zero-order chi connectivity index (χ0) is 18.1. The van der Waals surface area contributed by atoms with Gasteiger partial charge in [0.1, 0.15) is 0 Å². The lowest BCUT2D eigenvalue weighted by molar-refractivity contribution is -0.121. The second-order valence-electron chi connectivity index (χ2n) is 5.35. The summed E-state index contributed by atoms with van der Waals surface area (Å²) in [6.07, 6.45) is 1.72. The fourth-order valence-electron chi connectivity index (χ4n) is 2.39. The topological polar surface area (TPSA) is 106 Å². The zero-order valence-corrected chi connectivity index (χ0v) is 14.1. The van der Waals surface area contributed by atoms with Crippen LogP contribution in [0.25, 0.3) is 0 Å². The summed E-state index contributed by atoms with van der Waals surface area (Å²) in [5.41, 5.74) is 6.82. The lowest BCUT2D eigenvalue weighted by Gasteiger charge is -2.18. The second kappa shape index (κ2) is 9.27. The van der Waals surface area contributed by atoms with Gasteiger partial charge in [0.25, 0.3) is 0 Å². The molecule has 0 spiro atoms. The van der Waals surface area contributed by atoms with Crippen LogP contribution in [0.3, 0.4) is 0 Å². The van der Waals surface area contributed by atoms with Gasteiger partial charge in [-0.2, -0.15) is 0 Å². The van der Waals surface area contributed by atoms with Gasteiger partial charge in [-0.05, 0) is 18.6 Å². The van der Waals surface area contributed by atoms with E-state index < -0.39 is 12.1 Å². The highest BCUT2D eigenvalue weighted by Crippen LogP contribution is 2.17. The number of nitrogens with two attached hydrogens (primary N) is 1.